The Kier molecular flexibility index (Phi) is 2.69. The largest absolute Gasteiger partial charge is 0.480 e. The van der Waals surface area contributed by atoms with Crippen molar-refractivity contribution < 1.29 is 9.90 Å². The first-order valence-electron chi connectivity index (χ1n) is 4.28. The lowest BCUT2D eigenvalue weighted by atomic mass is 9.81. The van der Waals surface area contributed by atoms with Crippen molar-refractivity contribution in [3.8, 4) is 0 Å². The standard InChI is InChI=1S/C8H16N2O2/c1-8(9,7(11)12)6-3-2-4-10-5-6/h6,10H,2-5,9H2,1H3,(H,11,12). The van der Waals surface area contributed by atoms with Gasteiger partial charge in [0.2, 0.25) is 0 Å². The van der Waals surface area contributed by atoms with E-state index in [4.69, 9.17) is 10.8 Å². The van der Waals surface area contributed by atoms with Gasteiger partial charge in [-0.15, -0.1) is 0 Å². The van der Waals surface area contributed by atoms with Crippen LogP contribution in [0.3, 0.4) is 0 Å². The minimum atomic E-state index is -1.08. The van der Waals surface area contributed by atoms with Crippen molar-refractivity contribution in [1.29, 1.82) is 0 Å². The molecule has 1 aliphatic heterocycles. The van der Waals surface area contributed by atoms with Crippen LogP contribution in [-0.4, -0.2) is 29.7 Å². The maximum atomic E-state index is 10.8. The molecule has 1 rings (SSSR count). The van der Waals surface area contributed by atoms with Crippen molar-refractivity contribution in [3.05, 3.63) is 0 Å². The van der Waals surface area contributed by atoms with E-state index in [1.165, 1.54) is 0 Å². The Labute approximate surface area is 72.1 Å². The molecule has 1 saturated heterocycles. The monoisotopic (exact) mass is 172 g/mol. The fourth-order valence-corrected chi connectivity index (χ4v) is 1.54. The molecule has 1 fully saturated rings. The molecular weight excluding hydrogens is 156 g/mol. The van der Waals surface area contributed by atoms with Gasteiger partial charge >= 0.3 is 5.97 Å². The second kappa shape index (κ2) is 3.41. The Hall–Kier alpha value is -0.610. The predicted octanol–water partition coefficient (Wildman–Crippen LogP) is -0.212. The first-order chi connectivity index (χ1) is 5.55. The van der Waals surface area contributed by atoms with Gasteiger partial charge in [-0.2, -0.15) is 0 Å². The number of hydrogen-bond acceptors (Lipinski definition) is 3. The topological polar surface area (TPSA) is 75.4 Å². The Morgan fingerprint density at radius 1 is 1.75 bits per heavy atom. The van der Waals surface area contributed by atoms with Crippen LogP contribution in [0, 0.1) is 5.92 Å². The van der Waals surface area contributed by atoms with E-state index in [0.29, 0.717) is 0 Å². The third-order valence-electron chi connectivity index (χ3n) is 2.61. The summed E-state index contributed by atoms with van der Waals surface area (Å²) < 4.78 is 0. The molecule has 0 bridgehead atoms. The molecule has 0 aromatic heterocycles. The summed E-state index contributed by atoms with van der Waals surface area (Å²) in [6.07, 6.45) is 1.93. The fourth-order valence-electron chi connectivity index (χ4n) is 1.54. The van der Waals surface area contributed by atoms with Gasteiger partial charge in [0.1, 0.15) is 5.54 Å². The van der Waals surface area contributed by atoms with Gasteiger partial charge in [0.05, 0.1) is 0 Å². The van der Waals surface area contributed by atoms with E-state index < -0.39 is 11.5 Å². The zero-order chi connectivity index (χ0) is 9.19. The molecule has 0 radical (unpaired) electrons. The van der Waals surface area contributed by atoms with E-state index in [1.54, 1.807) is 6.92 Å². The number of piperidine rings is 1. The highest BCUT2D eigenvalue weighted by molar-refractivity contribution is 5.78. The van der Waals surface area contributed by atoms with Crippen molar-refractivity contribution in [2.24, 2.45) is 11.7 Å². The third-order valence-corrected chi connectivity index (χ3v) is 2.61. The number of hydrogen-bond donors (Lipinski definition) is 3. The van der Waals surface area contributed by atoms with E-state index in [0.717, 1.165) is 25.9 Å². The molecular formula is C8H16N2O2. The molecule has 2 atom stereocenters. The van der Waals surface area contributed by atoms with Crippen LogP contribution in [0.25, 0.3) is 0 Å². The normalized spacial score (nSPS) is 29.3. The highest BCUT2D eigenvalue weighted by atomic mass is 16.4. The molecule has 4 nitrogen and oxygen atoms in total. The number of nitrogens with two attached hydrogens (primary N) is 1. The van der Waals surface area contributed by atoms with E-state index in [1.807, 2.05) is 0 Å². The van der Waals surface area contributed by atoms with Gasteiger partial charge in [-0.1, -0.05) is 0 Å². The molecule has 2 unspecified atom stereocenters. The molecule has 0 aliphatic carbocycles. The summed E-state index contributed by atoms with van der Waals surface area (Å²) >= 11 is 0. The number of nitrogens with one attached hydrogen (secondary N) is 1. The van der Waals surface area contributed by atoms with Gasteiger partial charge < -0.3 is 16.2 Å². The lowest BCUT2D eigenvalue weighted by Crippen LogP contribution is -2.55. The molecule has 70 valence electrons. The molecule has 1 aliphatic rings. The third kappa shape index (κ3) is 1.76. The van der Waals surface area contributed by atoms with Crippen molar-refractivity contribution in [3.63, 3.8) is 0 Å². The van der Waals surface area contributed by atoms with E-state index in [-0.39, 0.29) is 5.92 Å². The van der Waals surface area contributed by atoms with Gasteiger partial charge in [-0.25, -0.2) is 0 Å². The summed E-state index contributed by atoms with van der Waals surface area (Å²) in [5, 5.41) is 12.0. The number of carboxylic acids is 1. The Balaban J connectivity index is 2.59. The maximum absolute atomic E-state index is 10.8. The summed E-state index contributed by atoms with van der Waals surface area (Å²) in [5.74, 6) is -0.847. The summed E-state index contributed by atoms with van der Waals surface area (Å²) in [6, 6.07) is 0. The molecule has 0 aromatic carbocycles. The molecule has 12 heavy (non-hydrogen) atoms. The van der Waals surface area contributed by atoms with Gasteiger partial charge in [-0.05, 0) is 32.2 Å². The number of aliphatic carboxylic acids is 1. The van der Waals surface area contributed by atoms with Crippen LogP contribution in [0.15, 0.2) is 0 Å². The van der Waals surface area contributed by atoms with Crippen LogP contribution in [0.2, 0.25) is 0 Å². The van der Waals surface area contributed by atoms with Crippen LogP contribution >= 0.6 is 0 Å². The van der Waals surface area contributed by atoms with Crippen molar-refractivity contribution in [2.45, 2.75) is 25.3 Å². The lowest BCUT2D eigenvalue weighted by molar-refractivity contribution is -0.145. The predicted molar refractivity (Wildman–Crippen MR) is 45.8 cm³/mol. The molecule has 1 heterocycles. The average Bonchev–Trinajstić information content (AvgIpc) is 2.06. The molecule has 4 heteroatoms. The quantitative estimate of drug-likeness (QED) is 0.538. The van der Waals surface area contributed by atoms with E-state index >= 15 is 0 Å². The minimum absolute atomic E-state index is 0.0590. The molecule has 0 amide bonds. The van der Waals surface area contributed by atoms with Crippen LogP contribution < -0.4 is 11.1 Å². The van der Waals surface area contributed by atoms with Gasteiger partial charge in [0, 0.05) is 6.54 Å². The highest BCUT2D eigenvalue weighted by Crippen LogP contribution is 2.21. The number of carbonyl (C=O) groups is 1. The Morgan fingerprint density at radius 3 is 2.83 bits per heavy atom. The molecule has 0 saturated carbocycles. The maximum Gasteiger partial charge on any atom is 0.323 e. The average molecular weight is 172 g/mol. The van der Waals surface area contributed by atoms with Crippen molar-refractivity contribution in [2.75, 3.05) is 13.1 Å². The Morgan fingerprint density at radius 2 is 2.42 bits per heavy atom. The van der Waals surface area contributed by atoms with Gasteiger partial charge in [0.25, 0.3) is 0 Å². The first kappa shape index (κ1) is 9.48. The Bertz CT molecular complexity index is 174. The SMILES string of the molecule is CC(N)(C(=O)O)C1CCCNC1. The summed E-state index contributed by atoms with van der Waals surface area (Å²) in [6.45, 7) is 3.29. The van der Waals surface area contributed by atoms with E-state index in [2.05, 4.69) is 5.32 Å². The van der Waals surface area contributed by atoms with Crippen molar-refractivity contribution >= 4 is 5.97 Å². The molecule has 4 N–H and O–H groups in total. The first-order valence-corrected chi connectivity index (χ1v) is 4.28. The lowest BCUT2D eigenvalue weighted by Gasteiger charge is -2.33. The second-order valence-electron chi connectivity index (χ2n) is 3.63. The molecule has 0 spiro atoms. The highest BCUT2D eigenvalue weighted by Gasteiger charge is 2.37. The second-order valence-corrected chi connectivity index (χ2v) is 3.63. The van der Waals surface area contributed by atoms with Crippen LogP contribution in [0.5, 0.6) is 0 Å². The van der Waals surface area contributed by atoms with Crippen LogP contribution in [-0.2, 0) is 4.79 Å². The zero-order valence-corrected chi connectivity index (χ0v) is 7.34. The number of carboxylic acid groups (broad SMARTS) is 1. The van der Waals surface area contributed by atoms with Crippen molar-refractivity contribution in [1.82, 2.24) is 5.32 Å². The van der Waals surface area contributed by atoms with E-state index in [9.17, 15) is 4.79 Å². The number of rotatable bonds is 2. The van der Waals surface area contributed by atoms with Crippen LogP contribution in [0.4, 0.5) is 0 Å². The summed E-state index contributed by atoms with van der Waals surface area (Å²) in [4.78, 5) is 10.8. The van der Waals surface area contributed by atoms with Gasteiger partial charge in [-0.3, -0.25) is 4.79 Å². The summed E-state index contributed by atoms with van der Waals surface area (Å²) in [7, 11) is 0. The zero-order valence-electron chi connectivity index (χ0n) is 7.34. The summed E-state index contributed by atoms with van der Waals surface area (Å²) in [5.41, 5.74) is 4.62. The minimum Gasteiger partial charge on any atom is -0.480 e. The fraction of sp³-hybridized carbons (Fsp3) is 0.875. The van der Waals surface area contributed by atoms with Crippen LogP contribution in [0.1, 0.15) is 19.8 Å². The van der Waals surface area contributed by atoms with Gasteiger partial charge in [0.15, 0.2) is 0 Å². The smallest absolute Gasteiger partial charge is 0.323 e. The molecule has 0 aromatic rings.